The van der Waals surface area contributed by atoms with Crippen molar-refractivity contribution in [3.8, 4) is 0 Å². The number of carbonyl (C=O) groups is 1. The van der Waals surface area contributed by atoms with Crippen LogP contribution in [0.2, 0.25) is 5.02 Å². The summed E-state index contributed by atoms with van der Waals surface area (Å²) in [6.07, 6.45) is 0. The van der Waals surface area contributed by atoms with E-state index in [1.54, 1.807) is 12.1 Å². The van der Waals surface area contributed by atoms with Crippen molar-refractivity contribution in [1.29, 1.82) is 0 Å². The van der Waals surface area contributed by atoms with Gasteiger partial charge in [0.05, 0.1) is 5.02 Å². The van der Waals surface area contributed by atoms with E-state index in [-0.39, 0.29) is 5.02 Å². The van der Waals surface area contributed by atoms with Crippen molar-refractivity contribution in [2.45, 2.75) is 6.92 Å². The second kappa shape index (κ2) is 8.74. The number of hydrogen-bond acceptors (Lipinski definition) is 5. The van der Waals surface area contributed by atoms with Gasteiger partial charge in [0.25, 0.3) is 0 Å². The molecule has 3 aromatic rings. The summed E-state index contributed by atoms with van der Waals surface area (Å²) in [4.78, 5) is 22.7. The molecule has 0 saturated carbocycles. The largest absolute Gasteiger partial charge is 0.363 e. The van der Waals surface area contributed by atoms with E-state index in [2.05, 4.69) is 25.9 Å². The lowest BCUT2D eigenvalue weighted by molar-refractivity contribution is 0.262. The third kappa shape index (κ3) is 5.55. The Labute approximate surface area is 172 Å². The van der Waals surface area contributed by atoms with E-state index in [0.29, 0.717) is 23.0 Å². The lowest BCUT2D eigenvalue weighted by Crippen LogP contribution is -2.19. The summed E-state index contributed by atoms with van der Waals surface area (Å²) in [5.41, 5.74) is 1.79. The first-order valence-corrected chi connectivity index (χ1v) is 9.11. The van der Waals surface area contributed by atoms with Gasteiger partial charge in [0, 0.05) is 37.2 Å². The highest BCUT2D eigenvalue weighted by Gasteiger charge is 2.07. The maximum Gasteiger partial charge on any atom is 0.323 e. The van der Waals surface area contributed by atoms with E-state index in [4.69, 9.17) is 11.6 Å². The molecule has 2 amide bonds. The number of halogens is 2. The zero-order valence-corrected chi connectivity index (χ0v) is 16.9. The molecule has 0 aliphatic rings. The minimum absolute atomic E-state index is 0.0596. The Balaban J connectivity index is 1.62. The van der Waals surface area contributed by atoms with Crippen molar-refractivity contribution in [2.75, 3.05) is 34.9 Å². The zero-order valence-electron chi connectivity index (χ0n) is 16.1. The van der Waals surface area contributed by atoms with Crippen LogP contribution in [0.15, 0.2) is 48.5 Å². The highest BCUT2D eigenvalue weighted by atomic mass is 35.5. The summed E-state index contributed by atoms with van der Waals surface area (Å²) >= 11 is 5.71. The molecule has 2 aromatic carbocycles. The molecule has 0 atom stereocenters. The molecule has 150 valence electrons. The van der Waals surface area contributed by atoms with Crippen LogP contribution in [0.3, 0.4) is 0 Å². The van der Waals surface area contributed by atoms with Crippen molar-refractivity contribution in [2.24, 2.45) is 0 Å². The van der Waals surface area contributed by atoms with Crippen molar-refractivity contribution in [3.05, 3.63) is 65.2 Å². The fraction of sp³-hybridized carbons (Fsp3) is 0.150. The van der Waals surface area contributed by atoms with Crippen LogP contribution in [0.1, 0.15) is 5.82 Å². The van der Waals surface area contributed by atoms with E-state index >= 15 is 0 Å². The first-order valence-electron chi connectivity index (χ1n) is 8.73. The minimum Gasteiger partial charge on any atom is -0.363 e. The van der Waals surface area contributed by atoms with Crippen LogP contribution in [-0.4, -0.2) is 30.1 Å². The molecule has 9 heteroatoms. The third-order valence-electron chi connectivity index (χ3n) is 3.88. The monoisotopic (exact) mass is 414 g/mol. The molecule has 3 N–H and O–H groups in total. The maximum absolute atomic E-state index is 13.2. The zero-order chi connectivity index (χ0) is 21.0. The number of nitrogens with one attached hydrogen (secondary N) is 3. The molecule has 0 unspecified atom stereocenters. The second-order valence-electron chi connectivity index (χ2n) is 6.46. The highest BCUT2D eigenvalue weighted by Crippen LogP contribution is 2.22. The Morgan fingerprint density at radius 1 is 0.966 bits per heavy atom. The Bertz CT molecular complexity index is 1030. The Hall–Kier alpha value is -3.39. The van der Waals surface area contributed by atoms with E-state index in [1.807, 2.05) is 44.1 Å². The van der Waals surface area contributed by atoms with Crippen LogP contribution in [0.4, 0.5) is 37.9 Å². The smallest absolute Gasteiger partial charge is 0.323 e. The fourth-order valence-corrected chi connectivity index (χ4v) is 2.68. The van der Waals surface area contributed by atoms with Gasteiger partial charge >= 0.3 is 6.03 Å². The second-order valence-corrected chi connectivity index (χ2v) is 6.87. The number of aryl methyl sites for hydroxylation is 1. The van der Waals surface area contributed by atoms with Crippen molar-refractivity contribution >= 4 is 46.3 Å². The third-order valence-corrected chi connectivity index (χ3v) is 4.16. The summed E-state index contributed by atoms with van der Waals surface area (Å²) in [5.74, 6) is 1.59. The molecule has 0 bridgehead atoms. The van der Waals surface area contributed by atoms with Crippen LogP contribution in [-0.2, 0) is 0 Å². The Morgan fingerprint density at radius 3 is 2.24 bits per heavy atom. The first-order chi connectivity index (χ1) is 13.8. The number of aromatic nitrogens is 2. The number of carbonyl (C=O) groups excluding carboxylic acids is 1. The van der Waals surface area contributed by atoms with E-state index in [0.717, 1.165) is 11.5 Å². The number of amides is 2. The number of anilines is 5. The Kier molecular flexibility index (Phi) is 6.13. The van der Waals surface area contributed by atoms with Gasteiger partial charge in [-0.1, -0.05) is 11.6 Å². The number of nitrogens with zero attached hydrogens (tertiary/aromatic N) is 3. The van der Waals surface area contributed by atoms with Gasteiger partial charge in [-0.2, -0.15) is 0 Å². The standard InChI is InChI=1S/C20H20ClFN6O/c1-12-23-18(11-19(24-12)28(2)3)25-13-4-6-14(7-5-13)26-20(29)27-15-8-9-17(22)16(21)10-15/h4-11H,1-3H3,(H,23,24,25)(H2,26,27,29). The van der Waals surface area contributed by atoms with Crippen LogP contribution in [0.25, 0.3) is 0 Å². The number of hydrogen-bond donors (Lipinski definition) is 3. The molecule has 0 aliphatic carbocycles. The summed E-state index contributed by atoms with van der Waals surface area (Å²) < 4.78 is 13.2. The molecule has 0 fully saturated rings. The summed E-state index contributed by atoms with van der Waals surface area (Å²) in [6, 6.07) is 12.5. The summed E-state index contributed by atoms with van der Waals surface area (Å²) in [5, 5.41) is 8.46. The van der Waals surface area contributed by atoms with Crippen molar-refractivity contribution < 1.29 is 9.18 Å². The van der Waals surface area contributed by atoms with Crippen LogP contribution in [0, 0.1) is 12.7 Å². The maximum atomic E-state index is 13.2. The van der Waals surface area contributed by atoms with Gasteiger partial charge < -0.3 is 20.9 Å². The molecule has 0 aliphatic heterocycles. The number of benzene rings is 2. The van der Waals surface area contributed by atoms with Gasteiger partial charge in [-0.3, -0.25) is 0 Å². The predicted molar refractivity (Wildman–Crippen MR) is 115 cm³/mol. The molecule has 1 heterocycles. The van der Waals surface area contributed by atoms with Crippen molar-refractivity contribution in [1.82, 2.24) is 9.97 Å². The number of urea groups is 1. The highest BCUT2D eigenvalue weighted by molar-refractivity contribution is 6.31. The molecule has 3 rings (SSSR count). The van der Waals surface area contributed by atoms with Gasteiger partial charge in [0.15, 0.2) is 0 Å². The summed E-state index contributed by atoms with van der Waals surface area (Å²) in [6.45, 7) is 1.83. The predicted octanol–water partition coefficient (Wildman–Crippen LogP) is 5.03. The van der Waals surface area contributed by atoms with Crippen LogP contribution < -0.4 is 20.9 Å². The molecule has 0 saturated heterocycles. The lowest BCUT2D eigenvalue weighted by atomic mass is 10.2. The number of rotatable bonds is 5. The van der Waals surface area contributed by atoms with Crippen LogP contribution >= 0.6 is 11.6 Å². The van der Waals surface area contributed by atoms with E-state index in [1.165, 1.54) is 18.2 Å². The molecule has 0 radical (unpaired) electrons. The molecule has 1 aromatic heterocycles. The minimum atomic E-state index is -0.544. The summed E-state index contributed by atoms with van der Waals surface area (Å²) in [7, 11) is 3.83. The molecular weight excluding hydrogens is 395 g/mol. The van der Waals surface area contributed by atoms with Crippen LogP contribution in [0.5, 0.6) is 0 Å². The average molecular weight is 415 g/mol. The molecule has 7 nitrogen and oxygen atoms in total. The van der Waals surface area contributed by atoms with E-state index in [9.17, 15) is 9.18 Å². The van der Waals surface area contributed by atoms with Gasteiger partial charge in [0.2, 0.25) is 0 Å². The molecule has 0 spiro atoms. The topological polar surface area (TPSA) is 82.2 Å². The average Bonchev–Trinajstić information content (AvgIpc) is 2.66. The van der Waals surface area contributed by atoms with Gasteiger partial charge in [0.1, 0.15) is 23.3 Å². The van der Waals surface area contributed by atoms with Gasteiger partial charge in [-0.15, -0.1) is 0 Å². The molecule has 29 heavy (non-hydrogen) atoms. The SMILES string of the molecule is Cc1nc(Nc2ccc(NC(=O)Nc3ccc(F)c(Cl)c3)cc2)cc(N(C)C)n1. The normalized spacial score (nSPS) is 10.4. The molecular formula is C20H20ClFN6O. The first kappa shape index (κ1) is 20.3. The van der Waals surface area contributed by atoms with Gasteiger partial charge in [-0.05, 0) is 49.4 Å². The van der Waals surface area contributed by atoms with Gasteiger partial charge in [-0.25, -0.2) is 19.2 Å². The Morgan fingerprint density at radius 2 is 1.59 bits per heavy atom. The fourth-order valence-electron chi connectivity index (χ4n) is 2.50. The van der Waals surface area contributed by atoms with Crippen molar-refractivity contribution in [3.63, 3.8) is 0 Å². The van der Waals surface area contributed by atoms with E-state index < -0.39 is 11.8 Å². The lowest BCUT2D eigenvalue weighted by Gasteiger charge is -2.14. The quantitative estimate of drug-likeness (QED) is 0.545.